The van der Waals surface area contributed by atoms with Gasteiger partial charge in [0, 0.05) is 32.4 Å². The van der Waals surface area contributed by atoms with Crippen molar-refractivity contribution in [3.05, 3.63) is 52.3 Å². The monoisotopic (exact) mass is 470 g/mol. The van der Waals surface area contributed by atoms with E-state index in [0.29, 0.717) is 25.2 Å². The topological polar surface area (TPSA) is 78.7 Å². The van der Waals surface area contributed by atoms with Crippen LogP contribution in [0.2, 0.25) is 5.02 Å². The van der Waals surface area contributed by atoms with E-state index in [0.717, 1.165) is 43.1 Å². The van der Waals surface area contributed by atoms with Crippen molar-refractivity contribution in [2.24, 2.45) is 5.41 Å². The van der Waals surface area contributed by atoms with Crippen molar-refractivity contribution in [2.75, 3.05) is 26.2 Å². The Hall–Kier alpha value is -2.59. The van der Waals surface area contributed by atoms with Crippen LogP contribution in [0.25, 0.3) is 0 Å². The van der Waals surface area contributed by atoms with E-state index in [1.54, 1.807) is 11.0 Å². The highest BCUT2D eigenvalue weighted by Crippen LogP contribution is 2.42. The Morgan fingerprint density at radius 2 is 1.81 bits per heavy atom. The van der Waals surface area contributed by atoms with Gasteiger partial charge in [-0.2, -0.15) is 23.0 Å². The first-order valence-corrected chi connectivity index (χ1v) is 10.6. The number of carbonyl (C=O) groups is 2. The third kappa shape index (κ3) is 4.47. The van der Waals surface area contributed by atoms with Crippen LogP contribution in [-0.2, 0) is 12.7 Å². The Morgan fingerprint density at radius 3 is 2.44 bits per heavy atom. The van der Waals surface area contributed by atoms with Crippen LogP contribution in [0.15, 0.2) is 30.5 Å². The number of piperidine rings is 1. The van der Waals surface area contributed by atoms with E-state index in [-0.39, 0.29) is 22.2 Å². The van der Waals surface area contributed by atoms with Crippen molar-refractivity contribution >= 4 is 23.6 Å². The first-order chi connectivity index (χ1) is 15.1. The van der Waals surface area contributed by atoms with Crippen LogP contribution in [-0.4, -0.2) is 62.9 Å². The molecular weight excluding hydrogens is 449 g/mol. The van der Waals surface area contributed by atoms with Crippen LogP contribution in [0.5, 0.6) is 0 Å². The number of benzene rings is 1. The highest BCUT2D eigenvalue weighted by Gasteiger charge is 2.42. The number of hydrogen-bond donors (Lipinski definition) is 1. The van der Waals surface area contributed by atoms with Gasteiger partial charge in [0.25, 0.3) is 0 Å². The Morgan fingerprint density at radius 1 is 1.12 bits per heavy atom. The lowest BCUT2D eigenvalue weighted by Gasteiger charge is -2.39. The molecule has 1 spiro atoms. The van der Waals surface area contributed by atoms with Gasteiger partial charge in [-0.3, -0.25) is 4.90 Å². The summed E-state index contributed by atoms with van der Waals surface area (Å²) in [6.45, 7) is 2.85. The lowest BCUT2D eigenvalue weighted by atomic mass is 9.78. The second-order valence-electron chi connectivity index (χ2n) is 8.46. The predicted molar refractivity (Wildman–Crippen MR) is 110 cm³/mol. The van der Waals surface area contributed by atoms with E-state index in [1.807, 2.05) is 0 Å². The van der Waals surface area contributed by atoms with Gasteiger partial charge in [0.15, 0.2) is 5.69 Å². The predicted octanol–water partition coefficient (Wildman–Crippen LogP) is 4.21. The fourth-order valence-electron chi connectivity index (χ4n) is 4.59. The first kappa shape index (κ1) is 22.6. The maximum Gasteiger partial charge on any atom is 0.417 e. The van der Waals surface area contributed by atoms with Crippen LogP contribution in [0.1, 0.15) is 40.9 Å². The zero-order valence-electron chi connectivity index (χ0n) is 17.1. The molecule has 0 radical (unpaired) electrons. The van der Waals surface area contributed by atoms with Gasteiger partial charge >= 0.3 is 18.2 Å². The van der Waals surface area contributed by atoms with Crippen molar-refractivity contribution in [1.82, 2.24) is 19.6 Å². The molecular formula is C21H22ClF3N4O3. The van der Waals surface area contributed by atoms with Gasteiger partial charge < -0.3 is 10.0 Å². The molecule has 1 N–H and O–H groups in total. The highest BCUT2D eigenvalue weighted by atomic mass is 35.5. The fourth-order valence-corrected chi connectivity index (χ4v) is 4.89. The minimum absolute atomic E-state index is 0.00123. The maximum atomic E-state index is 13.1. The number of carbonyl (C=O) groups excluding carboxylic acids is 1. The number of aromatic nitrogens is 2. The average Bonchev–Trinajstić information content (AvgIpc) is 3.37. The van der Waals surface area contributed by atoms with Gasteiger partial charge in [0.2, 0.25) is 0 Å². The number of hydrogen-bond acceptors (Lipinski definition) is 4. The van der Waals surface area contributed by atoms with Crippen molar-refractivity contribution in [3.63, 3.8) is 0 Å². The molecule has 2 saturated heterocycles. The molecule has 0 saturated carbocycles. The van der Waals surface area contributed by atoms with Crippen LogP contribution >= 0.6 is 11.6 Å². The Bertz CT molecular complexity index is 1030. The summed E-state index contributed by atoms with van der Waals surface area (Å²) >= 11 is 6.05. The molecule has 4 rings (SSSR count). The number of nitrogens with zero attached hydrogens (tertiary/aromatic N) is 4. The quantitative estimate of drug-likeness (QED) is 0.727. The summed E-state index contributed by atoms with van der Waals surface area (Å²) in [7, 11) is 0. The van der Waals surface area contributed by atoms with Crippen LogP contribution < -0.4 is 0 Å². The number of likely N-dealkylation sites (tertiary alicyclic amines) is 2. The van der Waals surface area contributed by atoms with Gasteiger partial charge in [0.05, 0.1) is 10.6 Å². The number of halogens is 4. The molecule has 0 aliphatic carbocycles. The summed E-state index contributed by atoms with van der Waals surface area (Å²) in [6, 6.07) is 4.91. The summed E-state index contributed by atoms with van der Waals surface area (Å²) in [4.78, 5) is 27.3. The van der Waals surface area contributed by atoms with Gasteiger partial charge in [-0.05, 0) is 48.9 Å². The van der Waals surface area contributed by atoms with Crippen molar-refractivity contribution < 1.29 is 27.9 Å². The second-order valence-corrected chi connectivity index (χ2v) is 8.84. The summed E-state index contributed by atoms with van der Waals surface area (Å²) in [5.74, 6) is -1.19. The minimum Gasteiger partial charge on any atom is -0.476 e. The Balaban J connectivity index is 1.36. The number of carboxylic acids is 1. The lowest BCUT2D eigenvalue weighted by molar-refractivity contribution is -0.137. The number of rotatable bonds is 3. The van der Waals surface area contributed by atoms with Crippen molar-refractivity contribution in [2.45, 2.75) is 32.0 Å². The molecule has 1 aromatic heterocycles. The van der Waals surface area contributed by atoms with E-state index >= 15 is 0 Å². The smallest absolute Gasteiger partial charge is 0.417 e. The summed E-state index contributed by atoms with van der Waals surface area (Å²) in [6.07, 6.45) is -0.724. The summed E-state index contributed by atoms with van der Waals surface area (Å²) in [5.41, 5.74) is -0.547. The van der Waals surface area contributed by atoms with Crippen LogP contribution in [0, 0.1) is 5.41 Å². The minimum atomic E-state index is -4.49. The molecule has 0 bridgehead atoms. The molecule has 2 aromatic rings. The molecule has 7 nitrogen and oxygen atoms in total. The first-order valence-electron chi connectivity index (χ1n) is 10.2. The number of aromatic carboxylic acids is 1. The summed E-state index contributed by atoms with van der Waals surface area (Å²) in [5, 5.41) is 12.5. The number of carboxylic acid groups (broad SMARTS) is 1. The summed E-state index contributed by atoms with van der Waals surface area (Å²) < 4.78 is 40.4. The molecule has 2 aliphatic rings. The third-order valence-corrected chi connectivity index (χ3v) is 6.84. The largest absolute Gasteiger partial charge is 0.476 e. The van der Waals surface area contributed by atoms with Crippen LogP contribution in [0.3, 0.4) is 0 Å². The maximum absolute atomic E-state index is 13.1. The fraction of sp³-hybridized carbons (Fsp3) is 0.476. The normalized spacial score (nSPS) is 18.9. The zero-order chi connectivity index (χ0) is 23.1. The molecule has 11 heteroatoms. The van der Waals surface area contributed by atoms with E-state index < -0.39 is 17.7 Å². The van der Waals surface area contributed by atoms with Gasteiger partial charge in [-0.1, -0.05) is 23.7 Å². The third-order valence-electron chi connectivity index (χ3n) is 6.39. The van der Waals surface area contributed by atoms with Gasteiger partial charge in [0.1, 0.15) is 0 Å². The second kappa shape index (κ2) is 8.40. The number of alkyl halides is 3. The highest BCUT2D eigenvalue weighted by molar-refractivity contribution is 6.32. The molecule has 172 valence electrons. The average molecular weight is 471 g/mol. The number of amides is 1. The van der Waals surface area contributed by atoms with E-state index in [4.69, 9.17) is 16.7 Å². The van der Waals surface area contributed by atoms with Gasteiger partial charge in [-0.15, -0.1) is 0 Å². The van der Waals surface area contributed by atoms with E-state index in [9.17, 15) is 22.8 Å². The SMILES string of the molecule is O=C(O)c1ccn(C(=O)N2CCC3(CCN(Cc4cccc(C(F)(F)F)c4Cl)C3)CC2)n1. The molecule has 1 amide bonds. The Kier molecular flexibility index (Phi) is 5.93. The van der Waals surface area contributed by atoms with Crippen LogP contribution in [0.4, 0.5) is 18.0 Å². The standard InChI is InChI=1S/C21H22ClF3N4O3/c22-17-14(2-1-3-15(17)21(23,24)25)12-27-9-5-20(13-27)6-10-28(11-7-20)19(32)29-8-4-16(26-29)18(30)31/h1-4,8H,5-7,9-13H2,(H,30,31). The molecule has 1 aromatic carbocycles. The molecule has 0 atom stereocenters. The molecule has 3 heterocycles. The zero-order valence-corrected chi connectivity index (χ0v) is 17.9. The van der Waals surface area contributed by atoms with Gasteiger partial charge in [-0.25, -0.2) is 9.59 Å². The van der Waals surface area contributed by atoms with Crippen molar-refractivity contribution in [1.29, 1.82) is 0 Å². The van der Waals surface area contributed by atoms with Crippen molar-refractivity contribution in [3.8, 4) is 0 Å². The lowest BCUT2D eigenvalue weighted by Crippen LogP contribution is -2.45. The van der Waals surface area contributed by atoms with E-state index in [2.05, 4.69) is 10.00 Å². The van der Waals surface area contributed by atoms with E-state index in [1.165, 1.54) is 18.3 Å². The Labute approximate surface area is 187 Å². The molecule has 0 unspecified atom stereocenters. The molecule has 2 aliphatic heterocycles. The molecule has 2 fully saturated rings. The molecule has 32 heavy (non-hydrogen) atoms.